The number of azide groups is 1. The molecule has 0 amide bonds. The minimum Gasteiger partial charge on any atom is -0.361 e. The van der Waals surface area contributed by atoms with Crippen LogP contribution in [0.25, 0.3) is 16.0 Å². The SMILES string of the molecule is [N-]=[N+]=NP(=O)(c1ccccc1)C1C=CC=CC1=[N+]=[N-]. The number of benzene rings is 1. The van der Waals surface area contributed by atoms with Crippen molar-refractivity contribution in [2.45, 2.75) is 5.66 Å². The van der Waals surface area contributed by atoms with Gasteiger partial charge >= 0.3 is 5.71 Å². The van der Waals surface area contributed by atoms with Crippen molar-refractivity contribution >= 4 is 18.3 Å². The van der Waals surface area contributed by atoms with E-state index >= 15 is 0 Å². The van der Waals surface area contributed by atoms with Crippen LogP contribution in [0.4, 0.5) is 0 Å². The molecule has 2 rings (SSSR count). The Morgan fingerprint density at radius 1 is 1.16 bits per heavy atom. The van der Waals surface area contributed by atoms with Crippen molar-refractivity contribution in [3.05, 3.63) is 70.6 Å². The quantitative estimate of drug-likeness (QED) is 0.358. The molecule has 0 aliphatic heterocycles. The molecule has 0 saturated carbocycles. The van der Waals surface area contributed by atoms with Gasteiger partial charge in [0, 0.05) is 16.3 Å². The van der Waals surface area contributed by atoms with Crippen LogP contribution in [0.15, 0.2) is 59.5 Å². The fourth-order valence-electron chi connectivity index (χ4n) is 1.88. The largest absolute Gasteiger partial charge is 0.361 e. The molecule has 0 N–H and O–H groups in total. The Bertz CT molecular complexity index is 681. The van der Waals surface area contributed by atoms with E-state index in [-0.39, 0.29) is 5.71 Å². The van der Waals surface area contributed by atoms with Crippen molar-refractivity contribution in [1.82, 2.24) is 0 Å². The monoisotopic (exact) mass is 271 g/mol. The summed E-state index contributed by atoms with van der Waals surface area (Å²) in [5.74, 6) is 0. The predicted molar refractivity (Wildman–Crippen MR) is 73.5 cm³/mol. The number of hydrogen-bond donors (Lipinski definition) is 0. The molecule has 0 spiro atoms. The van der Waals surface area contributed by atoms with E-state index in [0.29, 0.717) is 5.30 Å². The molecule has 0 bridgehead atoms. The lowest BCUT2D eigenvalue weighted by Gasteiger charge is -2.18. The average Bonchev–Trinajstić information content (AvgIpc) is 2.48. The van der Waals surface area contributed by atoms with E-state index in [1.165, 1.54) is 6.08 Å². The Hall–Kier alpha value is -2.38. The van der Waals surface area contributed by atoms with E-state index in [0.717, 1.165) is 0 Å². The van der Waals surface area contributed by atoms with Crippen LogP contribution < -0.4 is 5.30 Å². The molecule has 2 unspecified atom stereocenters. The third-order valence-electron chi connectivity index (χ3n) is 2.77. The fourth-order valence-corrected chi connectivity index (χ4v) is 3.96. The van der Waals surface area contributed by atoms with Gasteiger partial charge < -0.3 is 10.1 Å². The van der Waals surface area contributed by atoms with Crippen molar-refractivity contribution in [2.24, 2.45) is 4.88 Å². The lowest BCUT2D eigenvalue weighted by Crippen LogP contribution is -2.24. The van der Waals surface area contributed by atoms with E-state index in [2.05, 4.69) is 14.6 Å². The van der Waals surface area contributed by atoms with Gasteiger partial charge in [-0.3, -0.25) is 0 Å². The Morgan fingerprint density at radius 2 is 1.89 bits per heavy atom. The third-order valence-corrected chi connectivity index (χ3v) is 5.34. The maximum atomic E-state index is 13.0. The molecule has 1 aliphatic carbocycles. The molecule has 1 aromatic rings. The number of hydrogen-bond acceptors (Lipinski definition) is 1. The molecule has 2 atom stereocenters. The Kier molecular flexibility index (Phi) is 3.79. The van der Waals surface area contributed by atoms with E-state index in [4.69, 9.17) is 11.1 Å². The summed E-state index contributed by atoms with van der Waals surface area (Å²) in [6, 6.07) is 8.48. The molecule has 0 heterocycles. The van der Waals surface area contributed by atoms with Gasteiger partial charge in [-0.05, 0) is 10.4 Å². The average molecular weight is 271 g/mol. The summed E-state index contributed by atoms with van der Waals surface area (Å²) in [7, 11) is -3.44. The molecule has 0 saturated heterocycles. The summed E-state index contributed by atoms with van der Waals surface area (Å²) in [5, 5.41) is 0.430. The summed E-state index contributed by atoms with van der Waals surface area (Å²) in [4.78, 5) is 9.33. The first-order valence-electron chi connectivity index (χ1n) is 5.51. The Balaban J connectivity index is 2.62. The molecular formula is C12H10N5OP. The maximum Gasteiger partial charge on any atom is 0.306 e. The molecule has 6 nitrogen and oxygen atoms in total. The zero-order valence-corrected chi connectivity index (χ0v) is 10.8. The molecule has 7 heteroatoms. The van der Waals surface area contributed by atoms with Gasteiger partial charge in [-0.2, -0.15) is 4.79 Å². The highest BCUT2D eigenvalue weighted by molar-refractivity contribution is 7.72. The molecule has 94 valence electrons. The molecule has 19 heavy (non-hydrogen) atoms. The lowest BCUT2D eigenvalue weighted by molar-refractivity contribution is -0.00513. The van der Waals surface area contributed by atoms with E-state index < -0.39 is 13.0 Å². The molecule has 0 fully saturated rings. The van der Waals surface area contributed by atoms with Crippen molar-refractivity contribution in [1.29, 1.82) is 0 Å². The van der Waals surface area contributed by atoms with Crippen LogP contribution >= 0.6 is 7.29 Å². The highest BCUT2D eigenvalue weighted by Crippen LogP contribution is 2.52. The van der Waals surface area contributed by atoms with Crippen molar-refractivity contribution < 1.29 is 9.35 Å². The first-order valence-corrected chi connectivity index (χ1v) is 7.24. The number of nitrogens with zero attached hydrogens (tertiary/aromatic N) is 5. The summed E-state index contributed by atoms with van der Waals surface area (Å²) in [6.45, 7) is 0. The first-order chi connectivity index (χ1) is 9.22. The second kappa shape index (κ2) is 5.51. The topological polar surface area (TPSA) is 102 Å². The maximum absolute atomic E-state index is 13.0. The second-order valence-corrected chi connectivity index (χ2v) is 6.35. The van der Waals surface area contributed by atoms with Crippen LogP contribution in [0.5, 0.6) is 0 Å². The van der Waals surface area contributed by atoms with Gasteiger partial charge in [-0.25, -0.2) is 0 Å². The predicted octanol–water partition coefficient (Wildman–Crippen LogP) is 3.07. The first kappa shape index (κ1) is 13.1. The van der Waals surface area contributed by atoms with Gasteiger partial charge in [-0.15, -0.1) is 0 Å². The number of rotatable bonds is 3. The Labute approximate surface area is 109 Å². The molecular weight excluding hydrogens is 261 g/mol. The van der Waals surface area contributed by atoms with Crippen LogP contribution in [-0.2, 0) is 4.57 Å². The lowest BCUT2D eigenvalue weighted by atomic mass is 10.1. The minimum absolute atomic E-state index is 0.210. The summed E-state index contributed by atoms with van der Waals surface area (Å²) in [5.41, 5.74) is 17.1. The zero-order valence-electron chi connectivity index (χ0n) is 9.87. The second-order valence-electron chi connectivity index (χ2n) is 3.85. The summed E-state index contributed by atoms with van der Waals surface area (Å²) < 4.78 is 13.0. The smallest absolute Gasteiger partial charge is 0.306 e. The Morgan fingerprint density at radius 3 is 2.53 bits per heavy atom. The third kappa shape index (κ3) is 2.42. The summed E-state index contributed by atoms with van der Waals surface area (Å²) >= 11 is 0. The van der Waals surface area contributed by atoms with E-state index in [9.17, 15) is 4.57 Å². The van der Waals surface area contributed by atoms with Crippen LogP contribution in [0.1, 0.15) is 0 Å². The van der Waals surface area contributed by atoms with Crippen LogP contribution in [-0.4, -0.2) is 16.2 Å². The normalized spacial score (nSPS) is 20.2. The minimum atomic E-state index is -3.44. The fraction of sp³-hybridized carbons (Fsp3) is 0.0833. The van der Waals surface area contributed by atoms with Crippen LogP contribution in [0, 0.1) is 0 Å². The number of allylic oxidation sites excluding steroid dienone is 4. The van der Waals surface area contributed by atoms with Crippen LogP contribution in [0.2, 0.25) is 0 Å². The van der Waals surface area contributed by atoms with Gasteiger partial charge in [0.05, 0.1) is 0 Å². The van der Waals surface area contributed by atoms with Gasteiger partial charge in [0.1, 0.15) is 5.66 Å². The standard InChI is InChI=1S/C12H10N5OP/c13-15-11-8-4-5-9-12(11)19(18,17-16-14)10-6-2-1-3-7-10/h1-9,12H. The van der Waals surface area contributed by atoms with Gasteiger partial charge in [0.25, 0.3) is 0 Å². The summed E-state index contributed by atoms with van der Waals surface area (Å²) in [6.07, 6.45) is 6.49. The van der Waals surface area contributed by atoms with Gasteiger partial charge in [0.15, 0.2) is 0 Å². The highest BCUT2D eigenvalue weighted by Gasteiger charge is 2.40. The zero-order chi connectivity index (χ0) is 13.7. The van der Waals surface area contributed by atoms with Crippen molar-refractivity contribution in [2.75, 3.05) is 0 Å². The molecule has 1 aromatic carbocycles. The van der Waals surface area contributed by atoms with Gasteiger partial charge in [0.2, 0.25) is 7.29 Å². The van der Waals surface area contributed by atoms with Crippen molar-refractivity contribution in [3.8, 4) is 0 Å². The highest BCUT2D eigenvalue weighted by atomic mass is 31.2. The van der Waals surface area contributed by atoms with E-state index in [1.807, 2.05) is 0 Å². The van der Waals surface area contributed by atoms with Crippen LogP contribution in [0.3, 0.4) is 0 Å². The van der Waals surface area contributed by atoms with Gasteiger partial charge in [-0.1, -0.05) is 48.6 Å². The van der Waals surface area contributed by atoms with E-state index in [1.54, 1.807) is 48.6 Å². The molecule has 1 aliphatic rings. The molecule has 0 radical (unpaired) electrons. The molecule has 0 aromatic heterocycles. The van der Waals surface area contributed by atoms with Crippen molar-refractivity contribution in [3.63, 3.8) is 0 Å².